The third kappa shape index (κ3) is 4.26. The van der Waals surface area contributed by atoms with Crippen LogP contribution in [0, 0.1) is 5.82 Å². The van der Waals surface area contributed by atoms with E-state index >= 15 is 0 Å². The van der Waals surface area contributed by atoms with E-state index < -0.39 is 48.8 Å². The van der Waals surface area contributed by atoms with E-state index in [0.29, 0.717) is 0 Å². The number of aliphatic carboxylic acids is 1. The first-order chi connectivity index (χ1) is 10.9. The Bertz CT molecular complexity index is 589. The zero-order valence-electron chi connectivity index (χ0n) is 12.0. The number of carboxylic acids is 1. The van der Waals surface area contributed by atoms with E-state index in [1.54, 1.807) is 0 Å². The summed E-state index contributed by atoms with van der Waals surface area (Å²) in [5.74, 6) is -2.65. The van der Waals surface area contributed by atoms with Crippen molar-refractivity contribution in [1.82, 2.24) is 0 Å². The van der Waals surface area contributed by atoms with Gasteiger partial charge in [0.25, 0.3) is 0 Å². The molecule has 4 N–H and O–H groups in total. The first-order valence-electron chi connectivity index (χ1n) is 6.91. The second-order valence-corrected chi connectivity index (χ2v) is 5.03. The van der Waals surface area contributed by atoms with E-state index in [9.17, 15) is 19.4 Å². The summed E-state index contributed by atoms with van der Waals surface area (Å²) in [6, 6.07) is 5.54. The number of halogens is 1. The minimum absolute atomic E-state index is 0.0139. The topological polar surface area (TPSA) is 116 Å². The van der Waals surface area contributed by atoms with Gasteiger partial charge < -0.3 is 29.9 Å². The fraction of sp³-hybridized carbons (Fsp3) is 0.400. The summed E-state index contributed by atoms with van der Waals surface area (Å²) >= 11 is 0. The summed E-state index contributed by atoms with van der Waals surface area (Å²) in [4.78, 5) is 11.3. The molecular formula is C15H17FO7. The molecule has 0 radical (unpaired) electrons. The van der Waals surface area contributed by atoms with Crippen LogP contribution in [-0.4, -0.2) is 57.6 Å². The summed E-state index contributed by atoms with van der Waals surface area (Å²) in [6.45, 7) is -0.572. The zero-order valence-corrected chi connectivity index (χ0v) is 12.0. The van der Waals surface area contributed by atoms with E-state index in [2.05, 4.69) is 0 Å². The molecule has 1 aromatic carbocycles. The van der Waals surface area contributed by atoms with Crippen LogP contribution in [0.15, 0.2) is 30.0 Å². The van der Waals surface area contributed by atoms with E-state index in [-0.39, 0.29) is 12.0 Å². The number of hydrogen-bond donors (Lipinski definition) is 4. The Labute approximate surface area is 131 Å². The summed E-state index contributed by atoms with van der Waals surface area (Å²) in [5.41, 5.74) is 0.0139. The van der Waals surface area contributed by atoms with Crippen LogP contribution >= 0.6 is 0 Å². The monoisotopic (exact) mass is 328 g/mol. The number of aliphatic hydroxyl groups is 3. The van der Waals surface area contributed by atoms with Crippen LogP contribution < -0.4 is 0 Å². The molecule has 23 heavy (non-hydrogen) atoms. The van der Waals surface area contributed by atoms with Crippen molar-refractivity contribution in [3.63, 3.8) is 0 Å². The molecule has 0 spiro atoms. The molecule has 1 aromatic rings. The molecule has 1 fully saturated rings. The molecule has 0 saturated carbocycles. The first-order valence-corrected chi connectivity index (χ1v) is 6.91. The van der Waals surface area contributed by atoms with Crippen molar-refractivity contribution < 1.29 is 39.1 Å². The van der Waals surface area contributed by atoms with Gasteiger partial charge in [-0.05, 0) is 12.1 Å². The third-order valence-corrected chi connectivity index (χ3v) is 3.38. The van der Waals surface area contributed by atoms with Gasteiger partial charge in [0, 0.05) is 12.0 Å². The predicted molar refractivity (Wildman–Crippen MR) is 75.5 cm³/mol. The van der Waals surface area contributed by atoms with Crippen LogP contribution in [0.1, 0.15) is 12.0 Å². The maximum Gasteiger partial charge on any atom is 0.371 e. The van der Waals surface area contributed by atoms with E-state index in [1.165, 1.54) is 24.3 Å². The van der Waals surface area contributed by atoms with Crippen LogP contribution in [0.2, 0.25) is 0 Å². The molecule has 7 nitrogen and oxygen atoms in total. The Morgan fingerprint density at radius 2 is 2.09 bits per heavy atom. The second kappa shape index (κ2) is 7.51. The Hall–Kier alpha value is -2.00. The van der Waals surface area contributed by atoms with Gasteiger partial charge >= 0.3 is 5.97 Å². The lowest BCUT2D eigenvalue weighted by Gasteiger charge is -2.36. The van der Waals surface area contributed by atoms with Crippen LogP contribution in [0.25, 0.3) is 6.08 Å². The number of ether oxygens (including phenoxy) is 2. The molecule has 0 amide bonds. The molecule has 0 aromatic heterocycles. The van der Waals surface area contributed by atoms with Gasteiger partial charge in [-0.1, -0.05) is 18.2 Å². The van der Waals surface area contributed by atoms with Crippen LogP contribution in [-0.2, 0) is 14.3 Å². The normalized spacial score (nSPS) is 28.4. The van der Waals surface area contributed by atoms with Gasteiger partial charge in [-0.15, -0.1) is 0 Å². The molecule has 1 saturated heterocycles. The summed E-state index contributed by atoms with van der Waals surface area (Å²) < 4.78 is 23.9. The Morgan fingerprint density at radius 3 is 2.70 bits per heavy atom. The molecule has 1 aliphatic rings. The maximum absolute atomic E-state index is 13.6. The number of hydrogen-bond acceptors (Lipinski definition) is 6. The number of benzene rings is 1. The van der Waals surface area contributed by atoms with Crippen molar-refractivity contribution in [1.29, 1.82) is 0 Å². The van der Waals surface area contributed by atoms with Crippen molar-refractivity contribution in [2.75, 3.05) is 6.61 Å². The zero-order chi connectivity index (χ0) is 17.0. The molecule has 0 bridgehead atoms. The average Bonchev–Trinajstić information content (AvgIpc) is 2.51. The van der Waals surface area contributed by atoms with Gasteiger partial charge in [0.15, 0.2) is 0 Å². The Morgan fingerprint density at radius 1 is 1.39 bits per heavy atom. The highest BCUT2D eigenvalue weighted by Crippen LogP contribution is 2.24. The standard InChI is InChI=1S/C15H17FO7/c16-9-4-2-1-3-8(9)5-11(15(20)21)22-13-6-10(18)14(19)12(7-17)23-13/h1-5,10,12-14,17-19H,6-7H2,(H,20,21)/b11-5-. The van der Waals surface area contributed by atoms with Crippen molar-refractivity contribution in [3.8, 4) is 0 Å². The molecule has 4 atom stereocenters. The Balaban J connectivity index is 2.17. The molecule has 4 unspecified atom stereocenters. The highest BCUT2D eigenvalue weighted by atomic mass is 19.1. The molecule has 2 rings (SSSR count). The first kappa shape index (κ1) is 17.4. The summed E-state index contributed by atoms with van der Waals surface area (Å²) in [7, 11) is 0. The van der Waals surface area contributed by atoms with Gasteiger partial charge in [0.2, 0.25) is 12.0 Å². The minimum atomic E-state index is -1.45. The van der Waals surface area contributed by atoms with E-state index in [1.807, 2.05) is 0 Å². The molecule has 0 aliphatic carbocycles. The molecule has 126 valence electrons. The van der Waals surface area contributed by atoms with Crippen molar-refractivity contribution in [2.24, 2.45) is 0 Å². The summed E-state index contributed by atoms with van der Waals surface area (Å²) in [5, 5.41) is 37.5. The fourth-order valence-electron chi connectivity index (χ4n) is 2.16. The van der Waals surface area contributed by atoms with E-state index in [0.717, 1.165) is 6.08 Å². The molecule has 1 heterocycles. The molecule has 8 heteroatoms. The van der Waals surface area contributed by atoms with Gasteiger partial charge in [0.1, 0.15) is 18.0 Å². The largest absolute Gasteiger partial charge is 0.475 e. The minimum Gasteiger partial charge on any atom is -0.475 e. The van der Waals surface area contributed by atoms with Crippen molar-refractivity contribution in [2.45, 2.75) is 31.0 Å². The number of carboxylic acid groups (broad SMARTS) is 1. The van der Waals surface area contributed by atoms with Crippen LogP contribution in [0.4, 0.5) is 4.39 Å². The third-order valence-electron chi connectivity index (χ3n) is 3.38. The SMILES string of the molecule is O=C(O)/C(=C/c1ccccc1F)OC1CC(O)C(O)C(CO)O1. The quantitative estimate of drug-likeness (QED) is 0.447. The lowest BCUT2D eigenvalue weighted by atomic mass is 10.0. The van der Waals surface area contributed by atoms with Crippen molar-refractivity contribution >= 4 is 12.0 Å². The van der Waals surface area contributed by atoms with Gasteiger partial charge in [-0.3, -0.25) is 0 Å². The lowest BCUT2D eigenvalue weighted by Crippen LogP contribution is -2.50. The molecular weight excluding hydrogens is 311 g/mol. The number of rotatable bonds is 5. The molecule has 1 aliphatic heterocycles. The van der Waals surface area contributed by atoms with Crippen LogP contribution in [0.3, 0.4) is 0 Å². The maximum atomic E-state index is 13.6. The van der Waals surface area contributed by atoms with Gasteiger partial charge in [0.05, 0.1) is 12.7 Å². The smallest absolute Gasteiger partial charge is 0.371 e. The number of carbonyl (C=O) groups is 1. The summed E-state index contributed by atoms with van der Waals surface area (Å²) in [6.07, 6.45) is -4.05. The second-order valence-electron chi connectivity index (χ2n) is 5.03. The lowest BCUT2D eigenvalue weighted by molar-refractivity contribution is -0.246. The van der Waals surface area contributed by atoms with Crippen LogP contribution in [0.5, 0.6) is 0 Å². The highest BCUT2D eigenvalue weighted by Gasteiger charge is 2.38. The van der Waals surface area contributed by atoms with Crippen molar-refractivity contribution in [3.05, 3.63) is 41.4 Å². The highest BCUT2D eigenvalue weighted by molar-refractivity contribution is 5.89. The predicted octanol–water partition coefficient (Wildman–Crippen LogP) is 0.0969. The van der Waals surface area contributed by atoms with Gasteiger partial charge in [-0.25, -0.2) is 9.18 Å². The number of aliphatic hydroxyl groups excluding tert-OH is 3. The average molecular weight is 328 g/mol. The van der Waals surface area contributed by atoms with E-state index in [4.69, 9.17) is 19.7 Å². The van der Waals surface area contributed by atoms with Gasteiger partial charge in [-0.2, -0.15) is 0 Å². The fourth-order valence-corrected chi connectivity index (χ4v) is 2.16. The Kier molecular flexibility index (Phi) is 5.67.